The summed E-state index contributed by atoms with van der Waals surface area (Å²) in [5.74, 6) is 0.158. The second-order valence-electron chi connectivity index (χ2n) is 2.54. The van der Waals surface area contributed by atoms with Gasteiger partial charge >= 0.3 is 0 Å². The van der Waals surface area contributed by atoms with E-state index < -0.39 is 0 Å². The van der Waals surface area contributed by atoms with Gasteiger partial charge in [0, 0.05) is 26.1 Å². The molecule has 2 N–H and O–H groups in total. The van der Waals surface area contributed by atoms with Crippen molar-refractivity contribution in [1.82, 2.24) is 4.90 Å². The Labute approximate surface area is 66.9 Å². The monoisotopic (exact) mass is 153 g/mol. The van der Waals surface area contributed by atoms with Crippen LogP contribution in [0.15, 0.2) is 6.08 Å². The van der Waals surface area contributed by atoms with Crippen molar-refractivity contribution < 1.29 is 4.79 Å². The Hall–Kier alpha value is -0.830. The number of carbonyl (C=O) groups excluding carboxylic acids is 1. The van der Waals surface area contributed by atoms with Crippen molar-refractivity contribution >= 4 is 5.91 Å². The summed E-state index contributed by atoms with van der Waals surface area (Å²) < 4.78 is 0. The van der Waals surface area contributed by atoms with Crippen molar-refractivity contribution in [1.29, 1.82) is 0 Å². The Morgan fingerprint density at radius 1 is 1.73 bits per heavy atom. The fourth-order valence-corrected chi connectivity index (χ4v) is 1.08. The van der Waals surface area contributed by atoms with Crippen molar-refractivity contribution in [2.45, 2.75) is 12.8 Å². The summed E-state index contributed by atoms with van der Waals surface area (Å²) in [6, 6.07) is 0. The fourth-order valence-electron chi connectivity index (χ4n) is 1.08. The second-order valence-corrected chi connectivity index (χ2v) is 2.54. The van der Waals surface area contributed by atoms with Gasteiger partial charge in [-0.25, -0.2) is 0 Å². The van der Waals surface area contributed by atoms with Gasteiger partial charge in [-0.1, -0.05) is 6.08 Å². The van der Waals surface area contributed by atoms with Crippen LogP contribution in [0.25, 0.3) is 0 Å². The largest absolute Gasteiger partial charge is 0.339 e. The van der Waals surface area contributed by atoms with Crippen LogP contribution >= 0.6 is 0 Å². The molecule has 0 unspecified atom stereocenters. The van der Waals surface area contributed by atoms with E-state index in [1.807, 2.05) is 11.0 Å². The van der Waals surface area contributed by atoms with Crippen LogP contribution in [0, 0.1) is 6.08 Å². The van der Waals surface area contributed by atoms with Crippen LogP contribution < -0.4 is 5.73 Å². The minimum atomic E-state index is 0.158. The predicted molar refractivity (Wildman–Crippen MR) is 42.7 cm³/mol. The normalized spacial score (nSPS) is 17.0. The van der Waals surface area contributed by atoms with Crippen LogP contribution in [0.5, 0.6) is 0 Å². The average Bonchev–Trinajstić information content (AvgIpc) is 2.07. The number of nitrogens with two attached hydrogens (primary N) is 1. The first kappa shape index (κ1) is 8.27. The third-order valence-electron chi connectivity index (χ3n) is 1.69. The zero-order valence-corrected chi connectivity index (χ0v) is 6.55. The van der Waals surface area contributed by atoms with Crippen LogP contribution in [0.2, 0.25) is 0 Å². The molecule has 0 spiro atoms. The molecule has 1 aliphatic rings. The molecule has 0 aromatic heterocycles. The van der Waals surface area contributed by atoms with Crippen LogP contribution in [-0.2, 0) is 4.79 Å². The van der Waals surface area contributed by atoms with Gasteiger partial charge in [-0.15, -0.1) is 0 Å². The van der Waals surface area contributed by atoms with E-state index in [-0.39, 0.29) is 5.91 Å². The van der Waals surface area contributed by atoms with E-state index in [0.29, 0.717) is 19.5 Å². The smallest absolute Gasteiger partial charge is 0.224 e. The summed E-state index contributed by atoms with van der Waals surface area (Å²) in [4.78, 5) is 13.0. The van der Waals surface area contributed by atoms with E-state index in [1.54, 1.807) is 0 Å². The van der Waals surface area contributed by atoms with Crippen molar-refractivity contribution in [3.63, 3.8) is 0 Å². The van der Waals surface area contributed by atoms with Crippen molar-refractivity contribution in [2.75, 3.05) is 19.6 Å². The molecule has 3 nitrogen and oxygen atoms in total. The van der Waals surface area contributed by atoms with Gasteiger partial charge in [-0.3, -0.25) is 4.79 Å². The van der Waals surface area contributed by atoms with Gasteiger partial charge in [0.1, 0.15) is 0 Å². The first-order valence-corrected chi connectivity index (χ1v) is 3.87. The fraction of sp³-hybridized carbons (Fsp3) is 0.625. The van der Waals surface area contributed by atoms with E-state index >= 15 is 0 Å². The molecule has 0 bridgehead atoms. The molecule has 0 saturated heterocycles. The molecule has 1 amide bonds. The van der Waals surface area contributed by atoms with E-state index in [9.17, 15) is 4.79 Å². The molecule has 0 aliphatic carbocycles. The van der Waals surface area contributed by atoms with E-state index in [1.165, 1.54) is 0 Å². The minimum absolute atomic E-state index is 0.158. The molecule has 0 aromatic rings. The molecule has 1 radical (unpaired) electrons. The summed E-state index contributed by atoms with van der Waals surface area (Å²) >= 11 is 0. The highest BCUT2D eigenvalue weighted by molar-refractivity contribution is 5.76. The molecule has 3 heteroatoms. The third kappa shape index (κ3) is 2.35. The maximum absolute atomic E-state index is 11.2. The number of carbonyl (C=O) groups is 1. The highest BCUT2D eigenvalue weighted by atomic mass is 16.2. The summed E-state index contributed by atoms with van der Waals surface area (Å²) in [6.45, 7) is 1.96. The average molecular weight is 153 g/mol. The Bertz CT molecular complexity index is 165. The van der Waals surface area contributed by atoms with Crippen molar-refractivity contribution in [3.05, 3.63) is 12.2 Å². The Kier molecular flexibility index (Phi) is 3.11. The van der Waals surface area contributed by atoms with Gasteiger partial charge in [0.05, 0.1) is 0 Å². The minimum Gasteiger partial charge on any atom is -0.339 e. The van der Waals surface area contributed by atoms with Gasteiger partial charge in [-0.05, 0) is 12.5 Å². The maximum Gasteiger partial charge on any atom is 0.224 e. The number of hydrogen-bond donors (Lipinski definition) is 1. The van der Waals surface area contributed by atoms with Crippen LogP contribution in [0.1, 0.15) is 12.8 Å². The topological polar surface area (TPSA) is 46.3 Å². The van der Waals surface area contributed by atoms with Crippen LogP contribution in [-0.4, -0.2) is 30.4 Å². The molecule has 0 saturated carbocycles. The first-order valence-electron chi connectivity index (χ1n) is 3.87. The molecule has 0 aromatic carbocycles. The zero-order chi connectivity index (χ0) is 8.10. The van der Waals surface area contributed by atoms with Gasteiger partial charge in [-0.2, -0.15) is 0 Å². The van der Waals surface area contributed by atoms with Crippen molar-refractivity contribution in [2.24, 2.45) is 5.73 Å². The number of nitrogens with zero attached hydrogens (tertiary/aromatic N) is 1. The first-order chi connectivity index (χ1) is 5.34. The number of amides is 1. The highest BCUT2D eigenvalue weighted by Crippen LogP contribution is 2.01. The molecular formula is C8H13N2O. The standard InChI is InChI=1S/C8H13N2O/c9-5-4-8(11)10-6-2-1-3-7-10/h2H,3-7,9H2. The third-order valence-corrected chi connectivity index (χ3v) is 1.69. The van der Waals surface area contributed by atoms with Gasteiger partial charge in [0.2, 0.25) is 5.91 Å². The Morgan fingerprint density at radius 2 is 2.55 bits per heavy atom. The maximum atomic E-state index is 11.2. The molecule has 11 heavy (non-hydrogen) atoms. The lowest BCUT2D eigenvalue weighted by Crippen LogP contribution is -2.34. The highest BCUT2D eigenvalue weighted by Gasteiger charge is 2.11. The van der Waals surface area contributed by atoms with Gasteiger partial charge in [0.15, 0.2) is 0 Å². The van der Waals surface area contributed by atoms with Gasteiger partial charge in [0.25, 0.3) is 0 Å². The van der Waals surface area contributed by atoms with Gasteiger partial charge < -0.3 is 10.6 Å². The van der Waals surface area contributed by atoms with E-state index in [0.717, 1.165) is 13.0 Å². The summed E-state index contributed by atoms with van der Waals surface area (Å²) in [7, 11) is 0. The lowest BCUT2D eigenvalue weighted by atomic mass is 10.2. The van der Waals surface area contributed by atoms with Crippen LogP contribution in [0.3, 0.4) is 0 Å². The predicted octanol–water partition coefficient (Wildman–Crippen LogP) is -0.0731. The molecule has 0 fully saturated rings. The summed E-state index contributed by atoms with van der Waals surface area (Å²) in [5.41, 5.74) is 5.26. The molecule has 0 atom stereocenters. The number of rotatable bonds is 2. The number of hydrogen-bond acceptors (Lipinski definition) is 2. The SMILES string of the molecule is NCCC(=O)N1CC=[C]CC1. The molecule has 61 valence electrons. The Morgan fingerprint density at radius 3 is 3.09 bits per heavy atom. The molecule has 1 aliphatic heterocycles. The quantitative estimate of drug-likeness (QED) is 0.603. The van der Waals surface area contributed by atoms with Crippen LogP contribution in [0.4, 0.5) is 0 Å². The molecular weight excluding hydrogens is 140 g/mol. The van der Waals surface area contributed by atoms with Crippen molar-refractivity contribution in [3.8, 4) is 0 Å². The lowest BCUT2D eigenvalue weighted by Gasteiger charge is -2.22. The Balaban J connectivity index is 2.34. The van der Waals surface area contributed by atoms with E-state index in [2.05, 4.69) is 6.08 Å². The zero-order valence-electron chi connectivity index (χ0n) is 6.55. The summed E-state index contributed by atoms with van der Waals surface area (Å²) in [5, 5.41) is 0. The van der Waals surface area contributed by atoms with E-state index in [4.69, 9.17) is 5.73 Å². The lowest BCUT2D eigenvalue weighted by molar-refractivity contribution is -0.130. The molecule has 1 heterocycles. The summed E-state index contributed by atoms with van der Waals surface area (Å²) in [6.07, 6.45) is 6.29. The molecule has 1 rings (SSSR count). The second kappa shape index (κ2) is 4.13.